The van der Waals surface area contributed by atoms with Crippen LogP contribution in [0.5, 0.6) is 0 Å². The second-order valence-electron chi connectivity index (χ2n) is 6.88. The Morgan fingerprint density at radius 2 is 2.08 bits per heavy atom. The van der Waals surface area contributed by atoms with Crippen LogP contribution in [0.4, 0.5) is 0 Å². The number of carbonyl (C=O) groups excluding carboxylic acids is 1. The monoisotopic (exact) mass is 383 g/mol. The third-order valence-electron chi connectivity index (χ3n) is 5.04. The first-order valence-electron chi connectivity index (χ1n) is 8.27. The summed E-state index contributed by atoms with van der Waals surface area (Å²) in [7, 11) is -0.375. The highest BCUT2D eigenvalue weighted by molar-refractivity contribution is 7.86. The van der Waals surface area contributed by atoms with E-state index in [2.05, 4.69) is 4.98 Å². The highest BCUT2D eigenvalue weighted by atomic mass is 32.2. The first kappa shape index (κ1) is 17.0. The SMILES string of the molecule is CN(C)S(=O)(=O)N1C[C@@H]2CC[C@H](C1)N(C(=O)c1cn3ccsc3n1)C2. The number of aromatic nitrogens is 2. The van der Waals surface area contributed by atoms with Gasteiger partial charge >= 0.3 is 0 Å². The minimum atomic E-state index is -3.46. The average molecular weight is 383 g/mol. The van der Waals surface area contributed by atoms with Gasteiger partial charge in [0.15, 0.2) is 4.96 Å². The molecule has 2 atom stereocenters. The summed E-state index contributed by atoms with van der Waals surface area (Å²) < 4.78 is 29.7. The predicted octanol–water partition coefficient (Wildman–Crippen LogP) is 0.739. The van der Waals surface area contributed by atoms with Crippen LogP contribution in [0.3, 0.4) is 0 Å². The third kappa shape index (κ3) is 2.86. The van der Waals surface area contributed by atoms with E-state index in [1.54, 1.807) is 20.3 Å². The van der Waals surface area contributed by atoms with Gasteiger partial charge in [0.1, 0.15) is 5.69 Å². The molecule has 5 heterocycles. The standard InChI is InChI=1S/C15H21N5O3S2/c1-17(2)25(22,23)19-7-11-3-4-12(9-19)20(8-11)14(21)13-10-18-5-6-24-15(18)16-13/h5-6,10-12H,3-4,7-9H2,1-2H3/t11-,12+/m0/s1. The summed E-state index contributed by atoms with van der Waals surface area (Å²) >= 11 is 1.49. The zero-order valence-corrected chi connectivity index (χ0v) is 15.8. The normalized spacial score (nSPS) is 25.0. The van der Waals surface area contributed by atoms with Gasteiger partial charge in [-0.15, -0.1) is 11.3 Å². The van der Waals surface area contributed by atoms with Crippen LogP contribution in [0.2, 0.25) is 0 Å². The Bertz CT molecular complexity index is 875. The number of amides is 1. The second kappa shape index (κ2) is 6.04. The highest BCUT2D eigenvalue weighted by Crippen LogP contribution is 2.30. The molecule has 5 rings (SSSR count). The maximum atomic E-state index is 13.0. The van der Waals surface area contributed by atoms with Crippen LogP contribution in [0, 0.1) is 5.92 Å². The number of nitrogens with zero attached hydrogens (tertiary/aromatic N) is 5. The Labute approximate surface area is 150 Å². The summed E-state index contributed by atoms with van der Waals surface area (Å²) in [6, 6.07) is -0.0966. The maximum absolute atomic E-state index is 13.0. The van der Waals surface area contributed by atoms with E-state index in [9.17, 15) is 13.2 Å². The van der Waals surface area contributed by atoms with Crippen molar-refractivity contribution in [2.24, 2.45) is 5.92 Å². The lowest BCUT2D eigenvalue weighted by Crippen LogP contribution is -2.48. The van der Waals surface area contributed by atoms with Crippen LogP contribution in [0.25, 0.3) is 4.96 Å². The van der Waals surface area contributed by atoms with E-state index in [0.29, 0.717) is 25.3 Å². The van der Waals surface area contributed by atoms with E-state index in [0.717, 1.165) is 17.8 Å². The van der Waals surface area contributed by atoms with E-state index in [-0.39, 0.29) is 17.9 Å². The Kier molecular flexibility index (Phi) is 4.10. The molecule has 0 radical (unpaired) electrons. The second-order valence-corrected chi connectivity index (χ2v) is 9.90. The van der Waals surface area contributed by atoms with Crippen molar-refractivity contribution in [1.82, 2.24) is 22.9 Å². The van der Waals surface area contributed by atoms with Crippen molar-refractivity contribution >= 4 is 32.4 Å². The van der Waals surface area contributed by atoms with Crippen molar-refractivity contribution in [2.75, 3.05) is 33.7 Å². The third-order valence-corrected chi connectivity index (χ3v) is 7.69. The van der Waals surface area contributed by atoms with Crippen molar-refractivity contribution in [2.45, 2.75) is 18.9 Å². The smallest absolute Gasteiger partial charge is 0.281 e. The molecule has 3 aliphatic heterocycles. The van der Waals surface area contributed by atoms with Gasteiger partial charge < -0.3 is 4.90 Å². The van der Waals surface area contributed by atoms with Gasteiger partial charge in [0.05, 0.1) is 0 Å². The molecule has 1 amide bonds. The van der Waals surface area contributed by atoms with Gasteiger partial charge in [-0.05, 0) is 18.8 Å². The molecule has 3 saturated heterocycles. The molecule has 0 spiro atoms. The average Bonchev–Trinajstić information content (AvgIpc) is 3.04. The molecule has 3 fully saturated rings. The molecule has 0 aromatic carbocycles. The Balaban J connectivity index is 1.60. The lowest BCUT2D eigenvalue weighted by Gasteiger charge is -2.35. The molecule has 8 nitrogen and oxygen atoms in total. The summed E-state index contributed by atoms with van der Waals surface area (Å²) in [5.41, 5.74) is 0.432. The van der Waals surface area contributed by atoms with E-state index in [1.165, 1.54) is 19.9 Å². The summed E-state index contributed by atoms with van der Waals surface area (Å²) in [6.07, 6.45) is 5.41. The molecule has 0 unspecified atom stereocenters. The van der Waals surface area contributed by atoms with Crippen LogP contribution in [0.15, 0.2) is 17.8 Å². The van der Waals surface area contributed by atoms with Crippen LogP contribution in [-0.4, -0.2) is 77.0 Å². The molecule has 0 saturated carbocycles. The van der Waals surface area contributed by atoms with E-state index >= 15 is 0 Å². The zero-order chi connectivity index (χ0) is 17.8. The maximum Gasteiger partial charge on any atom is 0.281 e. The van der Waals surface area contributed by atoms with Crippen molar-refractivity contribution < 1.29 is 13.2 Å². The first-order chi connectivity index (χ1) is 11.9. The van der Waals surface area contributed by atoms with Gasteiger partial charge in [-0.2, -0.15) is 17.0 Å². The fraction of sp³-hybridized carbons (Fsp3) is 0.600. The van der Waals surface area contributed by atoms with E-state index in [4.69, 9.17) is 0 Å². The van der Waals surface area contributed by atoms with Gasteiger partial charge in [-0.1, -0.05) is 0 Å². The fourth-order valence-corrected chi connectivity index (χ4v) is 5.61. The number of thiazole rings is 1. The minimum absolute atomic E-state index is 0.0966. The van der Waals surface area contributed by atoms with Crippen molar-refractivity contribution in [3.05, 3.63) is 23.5 Å². The van der Waals surface area contributed by atoms with E-state index in [1.807, 2.05) is 20.9 Å². The lowest BCUT2D eigenvalue weighted by atomic mass is 9.95. The molecule has 2 aromatic rings. The molecule has 2 aromatic heterocycles. The van der Waals surface area contributed by atoms with Crippen molar-refractivity contribution in [3.8, 4) is 0 Å². The number of imidazole rings is 1. The lowest BCUT2D eigenvalue weighted by molar-refractivity contribution is 0.0583. The van der Waals surface area contributed by atoms with Crippen molar-refractivity contribution in [1.29, 1.82) is 0 Å². The number of rotatable bonds is 3. The summed E-state index contributed by atoms with van der Waals surface area (Å²) in [5, 5.41) is 1.93. The van der Waals surface area contributed by atoms with E-state index < -0.39 is 10.2 Å². The highest BCUT2D eigenvalue weighted by Gasteiger charge is 2.41. The van der Waals surface area contributed by atoms with Gasteiger partial charge in [0, 0.05) is 57.5 Å². The van der Waals surface area contributed by atoms with Crippen LogP contribution in [0.1, 0.15) is 23.3 Å². The molecule has 3 aliphatic rings. The molecular weight excluding hydrogens is 362 g/mol. The summed E-state index contributed by atoms with van der Waals surface area (Å²) in [6.45, 7) is 1.41. The largest absolute Gasteiger partial charge is 0.333 e. The first-order valence-corrected chi connectivity index (χ1v) is 10.5. The molecular formula is C15H21N5O3S2. The fourth-order valence-electron chi connectivity index (χ4n) is 3.68. The Hall–Kier alpha value is -1.49. The van der Waals surface area contributed by atoms with Crippen molar-refractivity contribution in [3.63, 3.8) is 0 Å². The van der Waals surface area contributed by atoms with Gasteiger partial charge in [-0.3, -0.25) is 9.20 Å². The molecule has 136 valence electrons. The topological polar surface area (TPSA) is 78.2 Å². The zero-order valence-electron chi connectivity index (χ0n) is 14.2. The number of hydrogen-bond donors (Lipinski definition) is 0. The number of fused-ring (bicyclic) bond motifs is 5. The quantitative estimate of drug-likeness (QED) is 0.783. The Morgan fingerprint density at radius 1 is 1.28 bits per heavy atom. The molecule has 2 bridgehead atoms. The number of piperidine rings is 1. The molecule has 25 heavy (non-hydrogen) atoms. The molecule has 0 N–H and O–H groups in total. The molecule has 10 heteroatoms. The van der Waals surface area contributed by atoms with Crippen LogP contribution >= 0.6 is 11.3 Å². The van der Waals surface area contributed by atoms with Crippen LogP contribution in [-0.2, 0) is 10.2 Å². The van der Waals surface area contributed by atoms with Crippen LogP contribution < -0.4 is 0 Å². The molecule has 0 aliphatic carbocycles. The summed E-state index contributed by atoms with van der Waals surface area (Å²) in [4.78, 5) is 20.0. The summed E-state index contributed by atoms with van der Waals surface area (Å²) in [5.74, 6) is 0.0656. The predicted molar refractivity (Wildman–Crippen MR) is 94.8 cm³/mol. The number of hydrogen-bond acceptors (Lipinski definition) is 5. The number of carbonyl (C=O) groups is 1. The van der Waals surface area contributed by atoms with Gasteiger partial charge in [0.2, 0.25) is 0 Å². The van der Waals surface area contributed by atoms with Gasteiger partial charge in [-0.25, -0.2) is 4.98 Å². The van der Waals surface area contributed by atoms with Gasteiger partial charge in [0.25, 0.3) is 16.1 Å². The minimum Gasteiger partial charge on any atom is -0.333 e. The Morgan fingerprint density at radius 3 is 2.80 bits per heavy atom.